The van der Waals surface area contributed by atoms with Crippen LogP contribution in [0.15, 0.2) is 16.7 Å². The van der Waals surface area contributed by atoms with Crippen molar-refractivity contribution in [3.05, 3.63) is 23.3 Å². The van der Waals surface area contributed by atoms with Crippen LogP contribution in [-0.2, 0) is 4.79 Å². The van der Waals surface area contributed by atoms with E-state index in [9.17, 15) is 4.79 Å². The molecule has 2 N–H and O–H groups in total. The lowest BCUT2D eigenvalue weighted by atomic mass is 10.1. The predicted octanol–water partition coefficient (Wildman–Crippen LogP) is 1.94. The first-order valence-electron chi connectivity index (χ1n) is 4.90. The van der Waals surface area contributed by atoms with Crippen LogP contribution in [0.5, 0.6) is 0 Å². The van der Waals surface area contributed by atoms with E-state index in [1.165, 1.54) is 0 Å². The third-order valence-electron chi connectivity index (χ3n) is 2.31. The van der Waals surface area contributed by atoms with Gasteiger partial charge in [-0.15, -0.1) is 0 Å². The van der Waals surface area contributed by atoms with Gasteiger partial charge < -0.3 is 14.9 Å². The Morgan fingerprint density at radius 3 is 2.94 bits per heavy atom. The number of nitrogens with zero attached hydrogens (tertiary/aromatic N) is 1. The van der Waals surface area contributed by atoms with E-state index in [0.717, 1.165) is 16.5 Å². The average Bonchev–Trinajstić information content (AvgIpc) is 2.58. The van der Waals surface area contributed by atoms with Crippen molar-refractivity contribution >= 4 is 22.8 Å². The number of carboxylic acids is 1. The van der Waals surface area contributed by atoms with Crippen LogP contribution in [-0.4, -0.2) is 22.8 Å². The van der Waals surface area contributed by atoms with Crippen LogP contribution in [0.25, 0.3) is 11.0 Å². The molecule has 0 aliphatic carbocycles. The fraction of sp³-hybridized carbons (Fsp3) is 0.273. The van der Waals surface area contributed by atoms with Crippen molar-refractivity contribution in [3.8, 4) is 0 Å². The molecule has 0 spiro atoms. The Morgan fingerprint density at radius 2 is 2.25 bits per heavy atom. The smallest absolute Gasteiger partial charge is 0.322 e. The largest absolute Gasteiger partial charge is 0.480 e. The summed E-state index contributed by atoms with van der Waals surface area (Å²) in [4.78, 5) is 10.4. The van der Waals surface area contributed by atoms with E-state index >= 15 is 0 Å². The Labute approximate surface area is 92.0 Å². The van der Waals surface area contributed by atoms with Crippen LogP contribution in [0.2, 0.25) is 0 Å². The highest BCUT2D eigenvalue weighted by Crippen LogP contribution is 2.26. The molecule has 84 valence electrons. The van der Waals surface area contributed by atoms with Crippen LogP contribution in [0.3, 0.4) is 0 Å². The summed E-state index contributed by atoms with van der Waals surface area (Å²) in [6.45, 7) is 3.73. The maximum Gasteiger partial charge on any atom is 0.322 e. The number of anilines is 1. The molecule has 1 aromatic heterocycles. The zero-order valence-corrected chi connectivity index (χ0v) is 9.07. The highest BCUT2D eigenvalue weighted by Gasteiger charge is 2.11. The summed E-state index contributed by atoms with van der Waals surface area (Å²) in [7, 11) is 0. The number of hydrogen-bond acceptors (Lipinski definition) is 4. The summed E-state index contributed by atoms with van der Waals surface area (Å²) in [6, 6.07) is 3.91. The van der Waals surface area contributed by atoms with Crippen molar-refractivity contribution in [3.63, 3.8) is 0 Å². The van der Waals surface area contributed by atoms with Crippen molar-refractivity contribution in [2.24, 2.45) is 0 Å². The highest BCUT2D eigenvalue weighted by molar-refractivity contribution is 5.91. The first kappa shape index (κ1) is 10.5. The Morgan fingerprint density at radius 1 is 1.50 bits per heavy atom. The topological polar surface area (TPSA) is 75.4 Å². The van der Waals surface area contributed by atoms with Crippen molar-refractivity contribution < 1.29 is 14.4 Å². The molecule has 0 aliphatic heterocycles. The van der Waals surface area contributed by atoms with E-state index in [0.29, 0.717) is 11.4 Å². The first-order chi connectivity index (χ1) is 7.58. The van der Waals surface area contributed by atoms with Gasteiger partial charge in [0.1, 0.15) is 6.54 Å². The van der Waals surface area contributed by atoms with Crippen LogP contribution >= 0.6 is 0 Å². The van der Waals surface area contributed by atoms with Crippen molar-refractivity contribution in [1.82, 2.24) is 5.16 Å². The molecular formula is C11H12N2O3. The van der Waals surface area contributed by atoms with Crippen LogP contribution in [0, 0.1) is 13.8 Å². The Hall–Kier alpha value is -2.04. The quantitative estimate of drug-likeness (QED) is 0.826. The molecule has 0 amide bonds. The van der Waals surface area contributed by atoms with Crippen LogP contribution in [0.1, 0.15) is 11.1 Å². The third-order valence-corrected chi connectivity index (χ3v) is 2.31. The van der Waals surface area contributed by atoms with Gasteiger partial charge in [-0.1, -0.05) is 11.2 Å². The summed E-state index contributed by atoms with van der Waals surface area (Å²) in [5.41, 5.74) is 2.77. The molecule has 0 bridgehead atoms. The molecule has 0 aliphatic rings. The molecule has 1 aromatic carbocycles. The number of aliphatic carboxylic acids is 1. The number of hydrogen-bond donors (Lipinski definition) is 2. The Bertz CT molecular complexity index is 545. The van der Waals surface area contributed by atoms with E-state index in [-0.39, 0.29) is 6.54 Å². The van der Waals surface area contributed by atoms with E-state index in [1.54, 1.807) is 0 Å². The molecule has 0 radical (unpaired) electrons. The van der Waals surface area contributed by atoms with Gasteiger partial charge in [-0.25, -0.2) is 0 Å². The van der Waals surface area contributed by atoms with Gasteiger partial charge >= 0.3 is 5.97 Å². The molecule has 1 heterocycles. The summed E-state index contributed by atoms with van der Waals surface area (Å²) in [5, 5.41) is 15.9. The number of rotatable bonds is 3. The number of carbonyl (C=O) groups is 1. The van der Waals surface area contributed by atoms with E-state index in [2.05, 4.69) is 10.5 Å². The fourth-order valence-corrected chi connectivity index (χ4v) is 1.68. The molecule has 0 saturated carbocycles. The molecule has 16 heavy (non-hydrogen) atoms. The molecule has 2 aromatic rings. The third kappa shape index (κ3) is 1.84. The van der Waals surface area contributed by atoms with Crippen molar-refractivity contribution in [1.29, 1.82) is 0 Å². The van der Waals surface area contributed by atoms with Crippen molar-refractivity contribution in [2.75, 3.05) is 11.9 Å². The molecule has 0 saturated heterocycles. The van der Waals surface area contributed by atoms with E-state index in [1.807, 2.05) is 26.0 Å². The summed E-state index contributed by atoms with van der Waals surface area (Å²) in [6.07, 6.45) is 0. The van der Waals surface area contributed by atoms with Gasteiger partial charge in [0.2, 0.25) is 0 Å². The maximum absolute atomic E-state index is 10.4. The second kappa shape index (κ2) is 3.84. The lowest BCUT2D eigenvalue weighted by Gasteiger charge is -1.99. The molecule has 5 nitrogen and oxygen atoms in total. The van der Waals surface area contributed by atoms with Crippen LogP contribution < -0.4 is 5.32 Å². The summed E-state index contributed by atoms with van der Waals surface area (Å²) in [5.74, 6) is -0.454. The highest BCUT2D eigenvalue weighted by atomic mass is 16.5. The van der Waals surface area contributed by atoms with Gasteiger partial charge in [0.05, 0.1) is 5.39 Å². The lowest BCUT2D eigenvalue weighted by Crippen LogP contribution is -2.12. The molecular weight excluding hydrogens is 208 g/mol. The normalized spacial score (nSPS) is 10.6. The van der Waals surface area contributed by atoms with Gasteiger partial charge in [0.15, 0.2) is 11.4 Å². The second-order valence-corrected chi connectivity index (χ2v) is 3.74. The standard InChI is InChI=1S/C11H12N2O3/c1-6-3-7(2)10-8(4-6)11(13-16-10)12-5-9(14)15/h3-4H,5H2,1-2H3,(H,12,13)(H,14,15). The second-order valence-electron chi connectivity index (χ2n) is 3.74. The summed E-state index contributed by atoms with van der Waals surface area (Å²) < 4.78 is 5.16. The SMILES string of the molecule is Cc1cc(C)c2onc(NCC(=O)O)c2c1. The number of fused-ring (bicyclic) bond motifs is 1. The zero-order valence-electron chi connectivity index (χ0n) is 9.07. The maximum atomic E-state index is 10.4. The minimum Gasteiger partial charge on any atom is -0.480 e. The molecule has 0 unspecified atom stereocenters. The van der Waals surface area contributed by atoms with Gasteiger partial charge in [-0.2, -0.15) is 0 Å². The number of aromatic nitrogens is 1. The van der Waals surface area contributed by atoms with Crippen molar-refractivity contribution in [2.45, 2.75) is 13.8 Å². The zero-order chi connectivity index (χ0) is 11.7. The van der Waals surface area contributed by atoms with Gasteiger partial charge in [-0.05, 0) is 31.0 Å². The number of nitrogens with one attached hydrogen (secondary N) is 1. The first-order valence-corrected chi connectivity index (χ1v) is 4.90. The van der Waals surface area contributed by atoms with E-state index < -0.39 is 5.97 Å². The summed E-state index contributed by atoms with van der Waals surface area (Å²) >= 11 is 0. The lowest BCUT2D eigenvalue weighted by molar-refractivity contribution is -0.134. The average molecular weight is 220 g/mol. The Kier molecular flexibility index (Phi) is 2.52. The number of aryl methyl sites for hydroxylation is 2. The monoisotopic (exact) mass is 220 g/mol. The predicted molar refractivity (Wildman–Crippen MR) is 59.6 cm³/mol. The molecule has 0 atom stereocenters. The molecule has 2 rings (SSSR count). The Balaban J connectivity index is 2.43. The van der Waals surface area contributed by atoms with Crippen LogP contribution in [0.4, 0.5) is 5.82 Å². The number of benzene rings is 1. The van der Waals surface area contributed by atoms with E-state index in [4.69, 9.17) is 9.63 Å². The van der Waals surface area contributed by atoms with Gasteiger partial charge in [0, 0.05) is 0 Å². The fourth-order valence-electron chi connectivity index (χ4n) is 1.68. The molecule has 5 heteroatoms. The minimum absolute atomic E-state index is 0.172. The van der Waals surface area contributed by atoms with Gasteiger partial charge in [0.25, 0.3) is 0 Å². The number of carboxylic acid groups (broad SMARTS) is 1. The minimum atomic E-state index is -0.930. The molecule has 0 fully saturated rings. The van der Waals surface area contributed by atoms with Gasteiger partial charge in [-0.3, -0.25) is 4.79 Å².